The number of rotatable bonds is 5. The van der Waals surface area contributed by atoms with E-state index in [9.17, 15) is 19.4 Å². The molecule has 0 bridgehead atoms. The number of benzene rings is 1. The summed E-state index contributed by atoms with van der Waals surface area (Å²) < 4.78 is 18.2. The molecule has 0 spiro atoms. The van der Waals surface area contributed by atoms with E-state index >= 15 is 0 Å². The number of nitrogen functional groups attached to an aromatic ring is 1. The summed E-state index contributed by atoms with van der Waals surface area (Å²) >= 11 is 0. The van der Waals surface area contributed by atoms with Gasteiger partial charge in [-0.15, -0.1) is 0 Å². The van der Waals surface area contributed by atoms with Gasteiger partial charge in [0.25, 0.3) is 0 Å². The number of carbonyl (C=O) groups excluding carboxylic acids is 1. The van der Waals surface area contributed by atoms with Crippen LogP contribution in [0.15, 0.2) is 18.2 Å². The summed E-state index contributed by atoms with van der Waals surface area (Å²) in [6.07, 6.45) is -3.08. The number of hydrogen-bond acceptors (Lipinski definition) is 5. The zero-order chi connectivity index (χ0) is 16.9. The second-order valence-electron chi connectivity index (χ2n) is 6.00. The number of amides is 1. The Bertz CT molecular complexity index is 517. The van der Waals surface area contributed by atoms with Gasteiger partial charge in [-0.1, -0.05) is 0 Å². The molecule has 7 heteroatoms. The topological polar surface area (TPSA) is 105 Å². The van der Waals surface area contributed by atoms with Crippen LogP contribution >= 0.6 is 0 Å². The minimum absolute atomic E-state index is 0.0658. The number of anilines is 1. The van der Waals surface area contributed by atoms with Crippen LogP contribution in [0.4, 0.5) is 14.9 Å². The number of halogens is 1. The molecule has 1 amide bonds. The molecule has 2 unspecified atom stereocenters. The lowest BCUT2D eigenvalue weighted by Gasteiger charge is -2.21. The summed E-state index contributed by atoms with van der Waals surface area (Å²) in [5.41, 5.74) is 5.34. The van der Waals surface area contributed by atoms with E-state index < -0.39 is 29.7 Å². The fraction of sp³-hybridized carbons (Fsp3) is 0.533. The molecule has 22 heavy (non-hydrogen) atoms. The maximum Gasteiger partial charge on any atom is 0.407 e. The van der Waals surface area contributed by atoms with Crippen LogP contribution in [0.1, 0.15) is 38.9 Å². The van der Waals surface area contributed by atoms with Gasteiger partial charge in [-0.05, 0) is 45.4 Å². The number of aliphatic hydroxyl groups is 2. The van der Waals surface area contributed by atoms with Crippen molar-refractivity contribution in [2.75, 3.05) is 12.3 Å². The first kappa shape index (κ1) is 18.2. The summed E-state index contributed by atoms with van der Waals surface area (Å²) in [7, 11) is 0. The van der Waals surface area contributed by atoms with Crippen molar-refractivity contribution in [2.45, 2.75) is 45.0 Å². The van der Waals surface area contributed by atoms with Crippen LogP contribution in [0.2, 0.25) is 0 Å². The summed E-state index contributed by atoms with van der Waals surface area (Å²) in [5, 5.41) is 22.4. The smallest absolute Gasteiger partial charge is 0.407 e. The van der Waals surface area contributed by atoms with Crippen molar-refractivity contribution < 1.29 is 24.1 Å². The molecule has 0 fully saturated rings. The molecule has 0 heterocycles. The molecule has 2 atom stereocenters. The van der Waals surface area contributed by atoms with Gasteiger partial charge in [-0.25, -0.2) is 9.18 Å². The van der Waals surface area contributed by atoms with Gasteiger partial charge in [0.2, 0.25) is 0 Å². The van der Waals surface area contributed by atoms with Crippen molar-refractivity contribution in [3.8, 4) is 0 Å². The first-order valence-electron chi connectivity index (χ1n) is 6.98. The molecule has 0 aliphatic carbocycles. The molecule has 6 nitrogen and oxygen atoms in total. The van der Waals surface area contributed by atoms with Crippen LogP contribution in [0.5, 0.6) is 0 Å². The normalized spacial score (nSPS) is 14.3. The van der Waals surface area contributed by atoms with Gasteiger partial charge in [-0.3, -0.25) is 0 Å². The summed E-state index contributed by atoms with van der Waals surface area (Å²) in [6, 6.07) is 3.56. The average molecular weight is 314 g/mol. The quantitative estimate of drug-likeness (QED) is 0.619. The maximum atomic E-state index is 13.2. The molecule has 0 aliphatic rings. The first-order chi connectivity index (χ1) is 10.1. The highest BCUT2D eigenvalue weighted by Gasteiger charge is 2.22. The molecule has 0 saturated carbocycles. The Hall–Kier alpha value is -1.86. The van der Waals surface area contributed by atoms with Gasteiger partial charge in [0.1, 0.15) is 17.5 Å². The Kier molecular flexibility index (Phi) is 6.13. The number of ether oxygens (including phenoxy) is 1. The minimum atomic E-state index is -1.34. The van der Waals surface area contributed by atoms with Crippen LogP contribution in [-0.4, -0.2) is 34.6 Å². The number of aliphatic hydroxyl groups excluding tert-OH is 2. The van der Waals surface area contributed by atoms with E-state index in [0.29, 0.717) is 0 Å². The van der Waals surface area contributed by atoms with Gasteiger partial charge in [0.05, 0.1) is 6.10 Å². The van der Waals surface area contributed by atoms with Crippen LogP contribution in [-0.2, 0) is 4.74 Å². The molecular formula is C15H23FN2O4. The van der Waals surface area contributed by atoms with E-state index in [1.54, 1.807) is 20.8 Å². The molecule has 0 aliphatic heterocycles. The van der Waals surface area contributed by atoms with E-state index in [2.05, 4.69) is 5.32 Å². The number of carbonyl (C=O) groups is 1. The Labute approximate surface area is 129 Å². The number of hydrogen-bond donors (Lipinski definition) is 4. The molecule has 0 aromatic heterocycles. The predicted molar refractivity (Wildman–Crippen MR) is 80.6 cm³/mol. The third kappa shape index (κ3) is 5.87. The number of alkyl carbamates (subject to hydrolysis) is 1. The van der Waals surface area contributed by atoms with E-state index in [4.69, 9.17) is 10.5 Å². The molecule has 124 valence electrons. The Balaban J connectivity index is 2.50. The van der Waals surface area contributed by atoms with Gasteiger partial charge < -0.3 is 26.0 Å². The van der Waals surface area contributed by atoms with Crippen molar-refractivity contribution in [3.63, 3.8) is 0 Å². The van der Waals surface area contributed by atoms with Crippen LogP contribution < -0.4 is 11.1 Å². The Morgan fingerprint density at radius 3 is 2.64 bits per heavy atom. The lowest BCUT2D eigenvalue weighted by molar-refractivity contribution is 0.0125. The fourth-order valence-corrected chi connectivity index (χ4v) is 1.80. The molecule has 0 radical (unpaired) electrons. The third-order valence-electron chi connectivity index (χ3n) is 2.84. The fourth-order valence-electron chi connectivity index (χ4n) is 1.80. The molecule has 1 rings (SSSR count). The summed E-state index contributed by atoms with van der Waals surface area (Å²) in [5.74, 6) is -0.553. The highest BCUT2D eigenvalue weighted by Crippen LogP contribution is 2.25. The number of nitrogens with two attached hydrogens (primary N) is 1. The van der Waals surface area contributed by atoms with Crippen molar-refractivity contribution in [3.05, 3.63) is 29.6 Å². The SMILES string of the molecule is CC(C)(C)OC(=O)NCCC(O)C(O)c1cc(F)ccc1N. The van der Waals surface area contributed by atoms with E-state index in [-0.39, 0.29) is 24.2 Å². The maximum absolute atomic E-state index is 13.2. The van der Waals surface area contributed by atoms with Crippen LogP contribution in [0.25, 0.3) is 0 Å². The highest BCUT2D eigenvalue weighted by molar-refractivity contribution is 5.67. The average Bonchev–Trinajstić information content (AvgIpc) is 2.38. The van der Waals surface area contributed by atoms with E-state index in [1.165, 1.54) is 12.1 Å². The largest absolute Gasteiger partial charge is 0.444 e. The van der Waals surface area contributed by atoms with Gasteiger partial charge in [-0.2, -0.15) is 0 Å². The minimum Gasteiger partial charge on any atom is -0.444 e. The summed E-state index contributed by atoms with van der Waals surface area (Å²) in [6.45, 7) is 5.30. The van der Waals surface area contributed by atoms with E-state index in [0.717, 1.165) is 6.07 Å². The van der Waals surface area contributed by atoms with Gasteiger partial charge in [0.15, 0.2) is 0 Å². The highest BCUT2D eigenvalue weighted by atomic mass is 19.1. The third-order valence-corrected chi connectivity index (χ3v) is 2.84. The van der Waals surface area contributed by atoms with Gasteiger partial charge >= 0.3 is 6.09 Å². The Morgan fingerprint density at radius 2 is 2.05 bits per heavy atom. The van der Waals surface area contributed by atoms with Crippen molar-refractivity contribution in [1.29, 1.82) is 0 Å². The van der Waals surface area contributed by atoms with Crippen molar-refractivity contribution in [2.24, 2.45) is 0 Å². The summed E-state index contributed by atoms with van der Waals surface area (Å²) in [4.78, 5) is 11.4. The first-order valence-corrected chi connectivity index (χ1v) is 6.98. The second-order valence-corrected chi connectivity index (χ2v) is 6.00. The zero-order valence-electron chi connectivity index (χ0n) is 13.0. The zero-order valence-corrected chi connectivity index (χ0v) is 13.0. The lowest BCUT2D eigenvalue weighted by atomic mass is 10.0. The molecular weight excluding hydrogens is 291 g/mol. The van der Waals surface area contributed by atoms with Crippen molar-refractivity contribution >= 4 is 11.8 Å². The molecule has 5 N–H and O–H groups in total. The Morgan fingerprint density at radius 1 is 1.41 bits per heavy atom. The molecule has 1 aromatic rings. The van der Waals surface area contributed by atoms with Crippen molar-refractivity contribution in [1.82, 2.24) is 5.32 Å². The molecule has 1 aromatic carbocycles. The number of nitrogens with one attached hydrogen (secondary N) is 1. The van der Waals surface area contributed by atoms with E-state index in [1.807, 2.05) is 0 Å². The van der Waals surface area contributed by atoms with Crippen LogP contribution in [0, 0.1) is 5.82 Å². The second kappa shape index (κ2) is 7.42. The van der Waals surface area contributed by atoms with Crippen LogP contribution in [0.3, 0.4) is 0 Å². The monoisotopic (exact) mass is 314 g/mol. The molecule has 0 saturated heterocycles. The lowest BCUT2D eigenvalue weighted by Crippen LogP contribution is -2.34. The standard InChI is InChI=1S/C15H23FN2O4/c1-15(2,3)22-14(21)18-7-6-12(19)13(20)10-8-9(16)4-5-11(10)17/h4-5,8,12-13,19-20H,6-7,17H2,1-3H3,(H,18,21). The van der Waals surface area contributed by atoms with Gasteiger partial charge in [0, 0.05) is 17.8 Å². The predicted octanol–water partition coefficient (Wildman–Crippen LogP) is 1.72.